The molecule has 1 unspecified atom stereocenters. The largest absolute Gasteiger partial charge is 0.393 e. The molecule has 1 saturated carbocycles. The lowest BCUT2D eigenvalue weighted by molar-refractivity contribution is 0.0235. The van der Waals surface area contributed by atoms with Crippen molar-refractivity contribution < 1.29 is 9.90 Å². The van der Waals surface area contributed by atoms with Crippen LogP contribution in [0.25, 0.3) is 0 Å². The molecule has 1 atom stereocenters. The molecule has 0 spiro atoms. The molecule has 2 fully saturated rings. The van der Waals surface area contributed by atoms with Crippen LogP contribution in [0.2, 0.25) is 0 Å². The summed E-state index contributed by atoms with van der Waals surface area (Å²) in [4.78, 5) is 15.1. The predicted octanol–water partition coefficient (Wildman–Crippen LogP) is 2.26. The van der Waals surface area contributed by atoms with Crippen molar-refractivity contribution in [1.29, 1.82) is 0 Å². The van der Waals surface area contributed by atoms with E-state index in [9.17, 15) is 9.90 Å². The average molecular weight is 354 g/mol. The van der Waals surface area contributed by atoms with Crippen molar-refractivity contribution in [3.8, 4) is 0 Å². The van der Waals surface area contributed by atoms with Crippen LogP contribution in [0.3, 0.4) is 0 Å². The number of aryl methyl sites for hydroxylation is 1. The Kier molecular flexibility index (Phi) is 4.68. The van der Waals surface area contributed by atoms with E-state index >= 15 is 0 Å². The number of aromatic nitrogens is 2. The molecule has 1 aliphatic heterocycles. The fourth-order valence-corrected chi connectivity index (χ4v) is 4.00. The maximum Gasteiger partial charge on any atom is 0.251 e. The van der Waals surface area contributed by atoms with E-state index in [-0.39, 0.29) is 24.0 Å². The molecule has 0 radical (unpaired) electrons. The number of aliphatic hydroxyl groups excluding tert-OH is 1. The zero-order chi connectivity index (χ0) is 18.1. The molecule has 2 aliphatic rings. The monoisotopic (exact) mass is 354 g/mol. The van der Waals surface area contributed by atoms with Crippen molar-refractivity contribution in [2.45, 2.75) is 37.8 Å². The summed E-state index contributed by atoms with van der Waals surface area (Å²) in [6.45, 7) is 2.19. The number of hydrogen-bond donors (Lipinski definition) is 2. The van der Waals surface area contributed by atoms with E-state index in [2.05, 4.69) is 15.3 Å². The number of nitrogens with zero attached hydrogens (tertiary/aromatic N) is 3. The quantitative estimate of drug-likeness (QED) is 0.864. The second-order valence-corrected chi connectivity index (χ2v) is 7.52. The summed E-state index contributed by atoms with van der Waals surface area (Å²) in [5.41, 5.74) is 2.85. The van der Waals surface area contributed by atoms with Crippen LogP contribution in [0.1, 0.15) is 47.6 Å². The zero-order valence-corrected chi connectivity index (χ0v) is 15.1. The van der Waals surface area contributed by atoms with Crippen LogP contribution >= 0.6 is 0 Å². The molecule has 6 heteroatoms. The first kappa shape index (κ1) is 17.1. The van der Waals surface area contributed by atoms with Crippen LogP contribution in [0.15, 0.2) is 36.7 Å². The second-order valence-electron chi connectivity index (χ2n) is 7.52. The number of carbonyl (C=O) groups is 1. The minimum Gasteiger partial charge on any atom is -0.393 e. The lowest BCUT2D eigenvalue weighted by atomic mass is 9.75. The molecule has 1 aromatic carbocycles. The van der Waals surface area contributed by atoms with Gasteiger partial charge in [0, 0.05) is 43.1 Å². The van der Waals surface area contributed by atoms with Gasteiger partial charge in [-0.05, 0) is 55.9 Å². The van der Waals surface area contributed by atoms with Crippen molar-refractivity contribution in [3.63, 3.8) is 0 Å². The summed E-state index contributed by atoms with van der Waals surface area (Å²) < 4.78 is 1.74. The SMILES string of the molecule is Cn1cc(C(NC(=O)c2ccc(N3CCCC3)cc2)C2CC(O)C2)cn1. The van der Waals surface area contributed by atoms with Crippen LogP contribution < -0.4 is 10.2 Å². The van der Waals surface area contributed by atoms with Gasteiger partial charge in [-0.1, -0.05) is 0 Å². The van der Waals surface area contributed by atoms with Crippen molar-refractivity contribution >= 4 is 11.6 Å². The summed E-state index contributed by atoms with van der Waals surface area (Å²) in [7, 11) is 1.87. The van der Waals surface area contributed by atoms with Gasteiger partial charge in [0.2, 0.25) is 0 Å². The average Bonchev–Trinajstić information content (AvgIpc) is 3.29. The third-order valence-corrected chi connectivity index (χ3v) is 5.59. The molecule has 6 nitrogen and oxygen atoms in total. The number of anilines is 1. The molecule has 2 aromatic rings. The van der Waals surface area contributed by atoms with Gasteiger partial charge in [0.25, 0.3) is 5.91 Å². The number of nitrogens with one attached hydrogen (secondary N) is 1. The minimum absolute atomic E-state index is 0.0757. The summed E-state index contributed by atoms with van der Waals surface area (Å²) >= 11 is 0. The Hall–Kier alpha value is -2.34. The molecule has 1 saturated heterocycles. The molecule has 1 aromatic heterocycles. The first-order valence-electron chi connectivity index (χ1n) is 9.42. The van der Waals surface area contributed by atoms with Gasteiger partial charge in [-0.3, -0.25) is 9.48 Å². The highest BCUT2D eigenvalue weighted by Gasteiger charge is 2.36. The zero-order valence-electron chi connectivity index (χ0n) is 15.1. The van der Waals surface area contributed by atoms with Crippen LogP contribution in [-0.2, 0) is 7.05 Å². The highest BCUT2D eigenvalue weighted by atomic mass is 16.3. The minimum atomic E-state index is -0.254. The summed E-state index contributed by atoms with van der Waals surface area (Å²) in [6, 6.07) is 7.76. The van der Waals surface area contributed by atoms with Gasteiger partial charge in [-0.25, -0.2) is 0 Å². The summed E-state index contributed by atoms with van der Waals surface area (Å²) in [6.07, 6.45) is 7.39. The van der Waals surface area contributed by atoms with Crippen LogP contribution in [-0.4, -0.2) is 40.0 Å². The Bertz CT molecular complexity index is 758. The molecule has 26 heavy (non-hydrogen) atoms. The van der Waals surface area contributed by atoms with E-state index in [4.69, 9.17) is 0 Å². The van der Waals surface area contributed by atoms with E-state index in [1.807, 2.05) is 37.5 Å². The number of hydrogen-bond acceptors (Lipinski definition) is 4. The Labute approximate surface area is 153 Å². The maximum atomic E-state index is 12.8. The van der Waals surface area contributed by atoms with Gasteiger partial charge in [0.1, 0.15) is 0 Å². The van der Waals surface area contributed by atoms with Gasteiger partial charge in [0.15, 0.2) is 0 Å². The number of aliphatic hydroxyl groups is 1. The van der Waals surface area contributed by atoms with Crippen LogP contribution in [0.4, 0.5) is 5.69 Å². The molecule has 138 valence electrons. The van der Waals surface area contributed by atoms with Gasteiger partial charge in [-0.2, -0.15) is 5.10 Å². The third-order valence-electron chi connectivity index (χ3n) is 5.59. The molecule has 1 aliphatic carbocycles. The van der Waals surface area contributed by atoms with Gasteiger partial charge >= 0.3 is 0 Å². The van der Waals surface area contributed by atoms with Gasteiger partial charge in [0.05, 0.1) is 18.3 Å². The highest BCUT2D eigenvalue weighted by molar-refractivity contribution is 5.94. The molecule has 0 bridgehead atoms. The van der Waals surface area contributed by atoms with Gasteiger partial charge < -0.3 is 15.3 Å². The van der Waals surface area contributed by atoms with Crippen LogP contribution in [0.5, 0.6) is 0 Å². The standard InChI is InChI=1S/C20H26N4O2/c1-23-13-16(12-21-23)19(15-10-18(25)11-15)22-20(26)14-4-6-17(7-5-14)24-8-2-3-9-24/h4-7,12-13,15,18-19,25H,2-3,8-11H2,1H3,(H,22,26). The van der Waals surface area contributed by atoms with E-state index in [1.165, 1.54) is 18.5 Å². The Morgan fingerprint density at radius 2 is 1.92 bits per heavy atom. The Balaban J connectivity index is 1.47. The first-order chi connectivity index (χ1) is 12.6. The summed E-state index contributed by atoms with van der Waals surface area (Å²) in [5.74, 6) is 0.176. The fourth-order valence-electron chi connectivity index (χ4n) is 4.00. The van der Waals surface area contributed by atoms with E-state index in [0.717, 1.165) is 18.7 Å². The molecular weight excluding hydrogens is 328 g/mol. The third kappa shape index (κ3) is 3.46. The van der Waals surface area contributed by atoms with Crippen molar-refractivity contribution in [3.05, 3.63) is 47.8 Å². The smallest absolute Gasteiger partial charge is 0.251 e. The Morgan fingerprint density at radius 1 is 1.23 bits per heavy atom. The maximum absolute atomic E-state index is 12.8. The Morgan fingerprint density at radius 3 is 2.50 bits per heavy atom. The molecular formula is C20H26N4O2. The van der Waals surface area contributed by atoms with Crippen molar-refractivity contribution in [2.24, 2.45) is 13.0 Å². The number of amides is 1. The normalized spacial score (nSPS) is 23.5. The van der Waals surface area contributed by atoms with Crippen molar-refractivity contribution in [2.75, 3.05) is 18.0 Å². The molecule has 2 heterocycles. The van der Waals surface area contributed by atoms with Crippen LogP contribution in [0, 0.1) is 5.92 Å². The first-order valence-corrected chi connectivity index (χ1v) is 9.42. The molecule has 4 rings (SSSR count). The molecule has 1 amide bonds. The molecule has 2 N–H and O–H groups in total. The topological polar surface area (TPSA) is 70.4 Å². The lowest BCUT2D eigenvalue weighted by Crippen LogP contribution is -2.41. The van der Waals surface area contributed by atoms with E-state index in [0.29, 0.717) is 18.4 Å². The van der Waals surface area contributed by atoms with E-state index in [1.54, 1.807) is 10.9 Å². The lowest BCUT2D eigenvalue weighted by Gasteiger charge is -2.37. The van der Waals surface area contributed by atoms with Gasteiger partial charge in [-0.15, -0.1) is 0 Å². The number of rotatable bonds is 5. The second kappa shape index (κ2) is 7.11. The van der Waals surface area contributed by atoms with E-state index < -0.39 is 0 Å². The van der Waals surface area contributed by atoms with Crippen molar-refractivity contribution in [1.82, 2.24) is 15.1 Å². The number of carbonyl (C=O) groups excluding carboxylic acids is 1. The number of benzene rings is 1. The predicted molar refractivity (Wildman–Crippen MR) is 100 cm³/mol. The highest BCUT2D eigenvalue weighted by Crippen LogP contribution is 2.38. The fraction of sp³-hybridized carbons (Fsp3) is 0.500. The summed E-state index contributed by atoms with van der Waals surface area (Å²) in [5, 5.41) is 17.1.